The van der Waals surface area contributed by atoms with E-state index in [9.17, 15) is 4.79 Å². The summed E-state index contributed by atoms with van der Waals surface area (Å²) in [6.45, 7) is 0.694. The molecule has 1 aliphatic rings. The van der Waals surface area contributed by atoms with Crippen LogP contribution in [0.25, 0.3) is 0 Å². The quantitative estimate of drug-likeness (QED) is 0.519. The number of carbonyl (C=O) groups excluding carboxylic acids is 1. The Labute approximate surface area is 179 Å². The minimum atomic E-state index is -0.0950. The zero-order valence-corrected chi connectivity index (χ0v) is 18.1. The van der Waals surface area contributed by atoms with E-state index in [-0.39, 0.29) is 11.9 Å². The van der Waals surface area contributed by atoms with Crippen molar-refractivity contribution in [1.29, 1.82) is 0 Å². The van der Waals surface area contributed by atoms with Gasteiger partial charge in [0.05, 0.1) is 26.0 Å². The van der Waals surface area contributed by atoms with Gasteiger partial charge in [-0.15, -0.1) is 23.1 Å². The molecule has 0 aliphatic carbocycles. The van der Waals surface area contributed by atoms with E-state index in [1.807, 2.05) is 47.4 Å². The number of methoxy groups -OCH3 is 2. The van der Waals surface area contributed by atoms with Gasteiger partial charge in [-0.25, -0.2) is 0 Å². The molecule has 0 saturated carbocycles. The minimum absolute atomic E-state index is 0.0950. The molecule has 1 aromatic heterocycles. The highest BCUT2D eigenvalue weighted by atomic mass is 32.2. The maximum absolute atomic E-state index is 13.2. The molecule has 1 atom stereocenters. The third-order valence-electron chi connectivity index (χ3n) is 5.11. The number of thiophene rings is 1. The van der Waals surface area contributed by atoms with Gasteiger partial charge in [0.1, 0.15) is 0 Å². The van der Waals surface area contributed by atoms with E-state index in [4.69, 9.17) is 9.47 Å². The molecule has 0 fully saturated rings. The van der Waals surface area contributed by atoms with Crippen LogP contribution < -0.4 is 9.47 Å². The van der Waals surface area contributed by atoms with Crippen LogP contribution in [-0.4, -0.2) is 37.3 Å². The monoisotopic (exact) mass is 425 g/mol. The Hall–Kier alpha value is -2.44. The van der Waals surface area contributed by atoms with E-state index >= 15 is 0 Å². The standard InChI is InChI=1S/C23H23NO3S2/c1-26-19-13-16-10-11-24(22(25)15-29-17-7-4-3-5-8-17)23(21-9-6-12-28-21)18(16)14-20(19)27-2/h3-9,12-14,23H,10-11,15H2,1-2H3. The number of thioether (sulfide) groups is 1. The molecule has 3 aromatic rings. The number of rotatable bonds is 6. The molecule has 1 aliphatic heterocycles. The van der Waals surface area contributed by atoms with Gasteiger partial charge in [0, 0.05) is 16.3 Å². The molecule has 0 bridgehead atoms. The van der Waals surface area contributed by atoms with Crippen molar-refractivity contribution in [3.8, 4) is 11.5 Å². The van der Waals surface area contributed by atoms with Crippen LogP contribution >= 0.6 is 23.1 Å². The third-order valence-corrected chi connectivity index (χ3v) is 7.03. The van der Waals surface area contributed by atoms with E-state index < -0.39 is 0 Å². The van der Waals surface area contributed by atoms with Gasteiger partial charge < -0.3 is 14.4 Å². The summed E-state index contributed by atoms with van der Waals surface area (Å²) in [6.07, 6.45) is 0.805. The number of hydrogen-bond acceptors (Lipinski definition) is 5. The molecular weight excluding hydrogens is 402 g/mol. The van der Waals surface area contributed by atoms with Crippen LogP contribution in [0.4, 0.5) is 0 Å². The maximum Gasteiger partial charge on any atom is 0.233 e. The fraction of sp³-hybridized carbons (Fsp3) is 0.261. The Kier molecular flexibility index (Phi) is 6.11. The van der Waals surface area contributed by atoms with Crippen molar-refractivity contribution < 1.29 is 14.3 Å². The molecule has 0 N–H and O–H groups in total. The first-order chi connectivity index (χ1) is 14.2. The number of fused-ring (bicyclic) bond motifs is 1. The molecule has 2 aromatic carbocycles. The van der Waals surface area contributed by atoms with Gasteiger partial charge in [0.15, 0.2) is 11.5 Å². The van der Waals surface area contributed by atoms with Gasteiger partial charge in [-0.05, 0) is 53.3 Å². The summed E-state index contributed by atoms with van der Waals surface area (Å²) < 4.78 is 11.0. The molecule has 4 nitrogen and oxygen atoms in total. The molecule has 0 radical (unpaired) electrons. The highest BCUT2D eigenvalue weighted by molar-refractivity contribution is 8.00. The Morgan fingerprint density at radius 3 is 2.55 bits per heavy atom. The molecule has 150 valence electrons. The first kappa shape index (κ1) is 19.9. The average Bonchev–Trinajstić information content (AvgIpc) is 3.30. The smallest absolute Gasteiger partial charge is 0.233 e. The fourth-order valence-electron chi connectivity index (χ4n) is 3.71. The van der Waals surface area contributed by atoms with E-state index in [0.29, 0.717) is 18.0 Å². The highest BCUT2D eigenvalue weighted by Gasteiger charge is 2.33. The zero-order chi connectivity index (χ0) is 20.2. The van der Waals surface area contributed by atoms with Crippen molar-refractivity contribution in [2.45, 2.75) is 17.4 Å². The number of benzene rings is 2. The first-order valence-electron chi connectivity index (χ1n) is 9.46. The second kappa shape index (κ2) is 8.93. The van der Waals surface area contributed by atoms with Crippen molar-refractivity contribution in [2.75, 3.05) is 26.5 Å². The van der Waals surface area contributed by atoms with Gasteiger partial charge in [-0.1, -0.05) is 24.3 Å². The van der Waals surface area contributed by atoms with Crippen LogP contribution in [0.1, 0.15) is 22.0 Å². The molecule has 6 heteroatoms. The van der Waals surface area contributed by atoms with Crippen molar-refractivity contribution in [1.82, 2.24) is 4.90 Å². The number of ether oxygens (including phenoxy) is 2. The summed E-state index contributed by atoms with van der Waals surface area (Å²) in [5, 5.41) is 2.06. The molecule has 0 saturated heterocycles. The van der Waals surface area contributed by atoms with E-state index in [1.54, 1.807) is 37.3 Å². The lowest BCUT2D eigenvalue weighted by molar-refractivity contribution is -0.130. The highest BCUT2D eigenvalue weighted by Crippen LogP contribution is 2.42. The molecule has 0 spiro atoms. The van der Waals surface area contributed by atoms with Crippen LogP contribution in [0.3, 0.4) is 0 Å². The molecule has 2 heterocycles. The van der Waals surface area contributed by atoms with E-state index in [0.717, 1.165) is 27.5 Å². The van der Waals surface area contributed by atoms with Crippen LogP contribution in [0.15, 0.2) is 64.9 Å². The van der Waals surface area contributed by atoms with Crippen LogP contribution in [0.5, 0.6) is 11.5 Å². The topological polar surface area (TPSA) is 38.8 Å². The average molecular weight is 426 g/mol. The Morgan fingerprint density at radius 2 is 1.86 bits per heavy atom. The van der Waals surface area contributed by atoms with Gasteiger partial charge in [-0.3, -0.25) is 4.79 Å². The Morgan fingerprint density at radius 1 is 1.10 bits per heavy atom. The van der Waals surface area contributed by atoms with Crippen molar-refractivity contribution in [2.24, 2.45) is 0 Å². The largest absolute Gasteiger partial charge is 0.493 e. The molecular formula is C23H23NO3S2. The number of nitrogens with zero attached hydrogens (tertiary/aromatic N) is 1. The van der Waals surface area contributed by atoms with Gasteiger partial charge >= 0.3 is 0 Å². The second-order valence-corrected chi connectivity index (χ2v) is 8.79. The van der Waals surface area contributed by atoms with Crippen LogP contribution in [-0.2, 0) is 11.2 Å². The van der Waals surface area contributed by atoms with Gasteiger partial charge in [0.2, 0.25) is 5.91 Å². The van der Waals surface area contributed by atoms with Gasteiger partial charge in [-0.2, -0.15) is 0 Å². The minimum Gasteiger partial charge on any atom is -0.493 e. The van der Waals surface area contributed by atoms with Crippen molar-refractivity contribution >= 4 is 29.0 Å². The molecule has 1 amide bonds. The summed E-state index contributed by atoms with van der Waals surface area (Å²) in [7, 11) is 3.30. The fourth-order valence-corrected chi connectivity index (χ4v) is 5.37. The summed E-state index contributed by atoms with van der Waals surface area (Å²) in [4.78, 5) is 17.5. The number of carbonyl (C=O) groups is 1. The predicted octanol–water partition coefficient (Wildman–Crippen LogP) is 5.03. The number of hydrogen-bond donors (Lipinski definition) is 0. The Balaban J connectivity index is 1.65. The summed E-state index contributed by atoms with van der Waals surface area (Å²) in [5.41, 5.74) is 2.33. The summed E-state index contributed by atoms with van der Waals surface area (Å²) in [6, 6.07) is 18.2. The second-order valence-electron chi connectivity index (χ2n) is 6.76. The lowest BCUT2D eigenvalue weighted by atomic mass is 9.91. The lowest BCUT2D eigenvalue weighted by Crippen LogP contribution is -2.41. The van der Waals surface area contributed by atoms with Crippen LogP contribution in [0, 0.1) is 0 Å². The Bertz CT molecular complexity index is 973. The first-order valence-corrected chi connectivity index (χ1v) is 11.3. The SMILES string of the molecule is COc1cc2c(cc1OC)C(c1cccs1)N(C(=O)CSc1ccccc1)CC2. The zero-order valence-electron chi connectivity index (χ0n) is 16.5. The molecule has 1 unspecified atom stereocenters. The molecule has 29 heavy (non-hydrogen) atoms. The molecule has 4 rings (SSSR count). The van der Waals surface area contributed by atoms with Gasteiger partial charge in [0.25, 0.3) is 0 Å². The van der Waals surface area contributed by atoms with E-state index in [1.165, 1.54) is 5.56 Å². The lowest BCUT2D eigenvalue weighted by Gasteiger charge is -2.37. The van der Waals surface area contributed by atoms with E-state index in [2.05, 4.69) is 17.5 Å². The normalized spacial score (nSPS) is 15.7. The van der Waals surface area contributed by atoms with Crippen LogP contribution in [0.2, 0.25) is 0 Å². The third kappa shape index (κ3) is 4.14. The van der Waals surface area contributed by atoms with Crippen molar-refractivity contribution in [3.63, 3.8) is 0 Å². The summed E-state index contributed by atoms with van der Waals surface area (Å²) >= 11 is 3.26. The maximum atomic E-state index is 13.2. The summed E-state index contributed by atoms with van der Waals surface area (Å²) in [5.74, 6) is 2.00. The predicted molar refractivity (Wildman–Crippen MR) is 118 cm³/mol. The number of amides is 1. The van der Waals surface area contributed by atoms with Crippen molar-refractivity contribution in [3.05, 3.63) is 76.0 Å².